The third-order valence-electron chi connectivity index (χ3n) is 2.77. The average Bonchev–Trinajstić information content (AvgIpc) is 2.80. The Labute approximate surface area is 105 Å². The van der Waals surface area contributed by atoms with Crippen molar-refractivity contribution >= 4 is 5.91 Å². The van der Waals surface area contributed by atoms with E-state index in [9.17, 15) is 4.79 Å². The van der Waals surface area contributed by atoms with Crippen LogP contribution in [0.5, 0.6) is 5.75 Å². The number of carbonyl (C=O) groups excluding carboxylic acids is 1. The van der Waals surface area contributed by atoms with Gasteiger partial charge in [-0.1, -0.05) is 0 Å². The minimum atomic E-state index is -0.320. The third-order valence-corrected chi connectivity index (χ3v) is 2.77. The van der Waals surface area contributed by atoms with Gasteiger partial charge in [-0.05, 0) is 43.3 Å². The Bertz CT molecular complexity index is 558. The van der Waals surface area contributed by atoms with Crippen LogP contribution < -0.4 is 16.0 Å². The third kappa shape index (κ3) is 2.08. The largest absolute Gasteiger partial charge is 0.497 e. The second-order valence-corrected chi connectivity index (χ2v) is 3.87. The number of nitrogens with zero attached hydrogens (tertiary/aromatic N) is 1. The molecule has 0 fully saturated rings. The number of hydrogen-bond acceptors (Lipinski definition) is 3. The van der Waals surface area contributed by atoms with Crippen molar-refractivity contribution in [3.63, 3.8) is 0 Å². The fraction of sp³-hybridized carbons (Fsp3) is 0.154. The number of nitrogens with two attached hydrogens (primary N) is 1. The quantitative estimate of drug-likeness (QED) is 0.488. The summed E-state index contributed by atoms with van der Waals surface area (Å²) in [5.41, 5.74) is 4.49. The summed E-state index contributed by atoms with van der Waals surface area (Å²) >= 11 is 0. The Morgan fingerprint density at radius 1 is 1.22 bits per heavy atom. The highest BCUT2D eigenvalue weighted by Gasteiger charge is 2.13. The molecule has 5 heteroatoms. The van der Waals surface area contributed by atoms with Crippen molar-refractivity contribution in [2.24, 2.45) is 5.84 Å². The van der Waals surface area contributed by atoms with Crippen LogP contribution in [0.3, 0.4) is 0 Å². The molecule has 94 valence electrons. The van der Waals surface area contributed by atoms with Crippen molar-refractivity contribution in [1.29, 1.82) is 0 Å². The van der Waals surface area contributed by atoms with E-state index in [-0.39, 0.29) is 5.91 Å². The molecule has 0 aliphatic rings. The SMILES string of the molecule is COc1ccc(-n2c(C)ccc2C(=O)NN)cc1. The molecule has 0 saturated heterocycles. The zero-order chi connectivity index (χ0) is 13.1. The second kappa shape index (κ2) is 4.93. The number of methoxy groups -OCH3 is 1. The van der Waals surface area contributed by atoms with Crippen LogP contribution in [0.25, 0.3) is 5.69 Å². The maximum atomic E-state index is 11.7. The lowest BCUT2D eigenvalue weighted by Crippen LogP contribution is -2.31. The zero-order valence-electron chi connectivity index (χ0n) is 10.3. The second-order valence-electron chi connectivity index (χ2n) is 3.87. The molecular formula is C13H15N3O2. The van der Waals surface area contributed by atoms with Crippen LogP contribution in [-0.4, -0.2) is 17.6 Å². The van der Waals surface area contributed by atoms with Crippen molar-refractivity contribution in [3.05, 3.63) is 47.8 Å². The number of aryl methyl sites for hydroxylation is 1. The number of nitrogens with one attached hydrogen (secondary N) is 1. The number of aromatic nitrogens is 1. The first-order valence-electron chi connectivity index (χ1n) is 5.51. The van der Waals surface area contributed by atoms with E-state index in [0.717, 1.165) is 17.1 Å². The Hall–Kier alpha value is -2.27. The van der Waals surface area contributed by atoms with E-state index >= 15 is 0 Å². The van der Waals surface area contributed by atoms with E-state index in [1.54, 1.807) is 13.2 Å². The molecule has 18 heavy (non-hydrogen) atoms. The van der Waals surface area contributed by atoms with Gasteiger partial charge in [0.2, 0.25) is 0 Å². The van der Waals surface area contributed by atoms with Crippen LogP contribution in [0.2, 0.25) is 0 Å². The number of amides is 1. The summed E-state index contributed by atoms with van der Waals surface area (Å²) in [6.07, 6.45) is 0. The predicted molar refractivity (Wildman–Crippen MR) is 68.7 cm³/mol. The Kier molecular flexibility index (Phi) is 3.34. The van der Waals surface area contributed by atoms with E-state index in [1.807, 2.05) is 41.8 Å². The molecule has 5 nitrogen and oxygen atoms in total. The summed E-state index contributed by atoms with van der Waals surface area (Å²) in [5, 5.41) is 0. The van der Waals surface area contributed by atoms with Gasteiger partial charge in [-0.15, -0.1) is 0 Å². The smallest absolute Gasteiger partial charge is 0.282 e. The molecule has 2 rings (SSSR count). The molecule has 0 bridgehead atoms. The molecule has 0 saturated carbocycles. The minimum absolute atomic E-state index is 0.320. The summed E-state index contributed by atoms with van der Waals surface area (Å²) in [7, 11) is 1.61. The molecule has 1 aromatic heterocycles. The number of carbonyl (C=O) groups is 1. The van der Waals surface area contributed by atoms with Gasteiger partial charge in [0.05, 0.1) is 7.11 Å². The van der Waals surface area contributed by atoms with Gasteiger partial charge < -0.3 is 9.30 Å². The van der Waals surface area contributed by atoms with Crippen LogP contribution in [-0.2, 0) is 0 Å². The van der Waals surface area contributed by atoms with Crippen molar-refractivity contribution in [3.8, 4) is 11.4 Å². The standard InChI is InChI=1S/C13H15N3O2/c1-9-3-8-12(13(17)15-14)16(9)10-4-6-11(18-2)7-5-10/h3-8H,14H2,1-2H3,(H,15,17). The summed E-state index contributed by atoms with van der Waals surface area (Å²) in [6, 6.07) is 11.1. The first-order valence-corrected chi connectivity index (χ1v) is 5.51. The molecular weight excluding hydrogens is 230 g/mol. The number of hydrogen-bond donors (Lipinski definition) is 2. The normalized spacial score (nSPS) is 10.2. The van der Waals surface area contributed by atoms with Crippen LogP contribution >= 0.6 is 0 Å². The van der Waals surface area contributed by atoms with E-state index < -0.39 is 0 Å². The van der Waals surface area contributed by atoms with Gasteiger partial charge in [0.25, 0.3) is 5.91 Å². The highest BCUT2D eigenvalue weighted by atomic mass is 16.5. The molecule has 0 atom stereocenters. The van der Waals surface area contributed by atoms with Gasteiger partial charge in [0.1, 0.15) is 11.4 Å². The highest BCUT2D eigenvalue weighted by molar-refractivity contribution is 5.93. The first kappa shape index (κ1) is 12.2. The van der Waals surface area contributed by atoms with Crippen LogP contribution in [0, 0.1) is 6.92 Å². The highest BCUT2D eigenvalue weighted by Crippen LogP contribution is 2.19. The van der Waals surface area contributed by atoms with Gasteiger partial charge in [-0.3, -0.25) is 10.2 Å². The van der Waals surface area contributed by atoms with Gasteiger partial charge in [-0.25, -0.2) is 5.84 Å². The van der Waals surface area contributed by atoms with Gasteiger partial charge >= 0.3 is 0 Å². The van der Waals surface area contributed by atoms with Gasteiger partial charge in [0.15, 0.2) is 0 Å². The molecule has 0 unspecified atom stereocenters. The molecule has 3 N–H and O–H groups in total. The number of ether oxygens (including phenoxy) is 1. The molecule has 0 aliphatic heterocycles. The lowest BCUT2D eigenvalue weighted by Gasteiger charge is -2.11. The van der Waals surface area contributed by atoms with Crippen molar-refractivity contribution in [2.75, 3.05) is 7.11 Å². The molecule has 0 radical (unpaired) electrons. The maximum Gasteiger partial charge on any atom is 0.282 e. The Balaban J connectivity index is 2.48. The fourth-order valence-corrected chi connectivity index (χ4v) is 1.86. The van der Waals surface area contributed by atoms with E-state index in [0.29, 0.717) is 5.69 Å². The molecule has 0 aliphatic carbocycles. The molecule has 2 aromatic rings. The van der Waals surface area contributed by atoms with E-state index in [1.165, 1.54) is 0 Å². The van der Waals surface area contributed by atoms with Crippen molar-refractivity contribution < 1.29 is 9.53 Å². The Morgan fingerprint density at radius 2 is 1.89 bits per heavy atom. The average molecular weight is 245 g/mol. The van der Waals surface area contributed by atoms with Gasteiger partial charge in [-0.2, -0.15) is 0 Å². The van der Waals surface area contributed by atoms with E-state index in [4.69, 9.17) is 10.6 Å². The first-order chi connectivity index (χ1) is 8.67. The molecule has 1 amide bonds. The summed E-state index contributed by atoms with van der Waals surface area (Å²) < 4.78 is 6.94. The molecule has 1 aromatic carbocycles. The lowest BCUT2D eigenvalue weighted by molar-refractivity contribution is 0.0946. The monoisotopic (exact) mass is 245 g/mol. The lowest BCUT2D eigenvalue weighted by atomic mass is 10.3. The summed E-state index contributed by atoms with van der Waals surface area (Å²) in [4.78, 5) is 11.7. The number of rotatable bonds is 3. The topological polar surface area (TPSA) is 69.3 Å². The zero-order valence-corrected chi connectivity index (χ0v) is 10.3. The summed E-state index contributed by atoms with van der Waals surface area (Å²) in [6.45, 7) is 1.93. The van der Waals surface area contributed by atoms with Crippen molar-refractivity contribution in [1.82, 2.24) is 9.99 Å². The predicted octanol–water partition coefficient (Wildman–Crippen LogP) is 1.40. The van der Waals surface area contributed by atoms with E-state index in [2.05, 4.69) is 5.43 Å². The van der Waals surface area contributed by atoms with Gasteiger partial charge in [0, 0.05) is 11.4 Å². The molecule has 0 spiro atoms. The van der Waals surface area contributed by atoms with Crippen LogP contribution in [0.15, 0.2) is 36.4 Å². The fourth-order valence-electron chi connectivity index (χ4n) is 1.86. The maximum absolute atomic E-state index is 11.7. The summed E-state index contributed by atoms with van der Waals surface area (Å²) in [5.74, 6) is 5.62. The van der Waals surface area contributed by atoms with Crippen LogP contribution in [0.1, 0.15) is 16.2 Å². The number of hydrazine groups is 1. The van der Waals surface area contributed by atoms with Crippen LogP contribution in [0.4, 0.5) is 0 Å². The number of nitrogen functional groups attached to an aromatic ring is 1. The number of benzene rings is 1. The molecule has 1 heterocycles. The van der Waals surface area contributed by atoms with Crippen molar-refractivity contribution in [2.45, 2.75) is 6.92 Å². The Morgan fingerprint density at radius 3 is 2.44 bits per heavy atom. The minimum Gasteiger partial charge on any atom is -0.497 e.